The Bertz CT molecular complexity index is 857. The minimum absolute atomic E-state index is 0.148. The third-order valence-electron chi connectivity index (χ3n) is 5.43. The molecule has 5 atom stereocenters. The molecule has 0 saturated carbocycles. The number of aliphatic hydroxyl groups is 3. The topological polar surface area (TPSA) is 113 Å². The van der Waals surface area contributed by atoms with Crippen molar-refractivity contribution in [3.8, 4) is 5.75 Å². The van der Waals surface area contributed by atoms with Crippen molar-refractivity contribution in [1.29, 1.82) is 0 Å². The number of hydrogen-bond acceptors (Lipinski definition) is 5. The largest absolute Gasteiger partial charge is 0.484 e. The number of benzene rings is 2. The van der Waals surface area contributed by atoms with Crippen LogP contribution < -0.4 is 10.5 Å². The van der Waals surface area contributed by atoms with Crippen LogP contribution in [-0.2, 0) is 11.2 Å². The molecule has 6 nitrogen and oxygen atoms in total. The summed E-state index contributed by atoms with van der Waals surface area (Å²) in [5, 5.41) is 30.5. The molecule has 0 bridgehead atoms. The molecule has 0 spiro atoms. The van der Waals surface area contributed by atoms with Crippen LogP contribution in [-0.4, -0.2) is 58.2 Å². The van der Waals surface area contributed by atoms with Crippen LogP contribution in [0.4, 0.5) is 0 Å². The molecule has 1 heterocycles. The quantitative estimate of drug-likeness (QED) is 0.452. The van der Waals surface area contributed by atoms with Gasteiger partial charge in [-0.15, -0.1) is 0 Å². The van der Waals surface area contributed by atoms with Crippen LogP contribution in [0, 0.1) is 6.92 Å². The summed E-state index contributed by atoms with van der Waals surface area (Å²) in [6, 6.07) is 13.7. The normalized spacial score (nSPS) is 28.1. The zero-order valence-electron chi connectivity index (χ0n) is 16.7. The minimum atomic E-state index is -1.11. The molecule has 2 aromatic rings. The number of aryl methyl sites for hydroxylation is 1. The first-order valence-corrected chi connectivity index (χ1v) is 11.6. The summed E-state index contributed by atoms with van der Waals surface area (Å²) < 4.78 is 5.29. The summed E-state index contributed by atoms with van der Waals surface area (Å²) in [5.74, 6) is 0.598. The number of hydrogen-bond donors (Lipinski definition) is 5. The summed E-state index contributed by atoms with van der Waals surface area (Å²) in [6.07, 6.45) is -0.172. The van der Waals surface area contributed by atoms with Crippen LogP contribution in [0.3, 0.4) is 0 Å². The first-order chi connectivity index (χ1) is 13.8. The van der Waals surface area contributed by atoms with E-state index in [2.05, 4.69) is 12.3 Å². The molecule has 29 heavy (non-hydrogen) atoms. The van der Waals surface area contributed by atoms with E-state index in [0.29, 0.717) is 17.9 Å². The lowest BCUT2D eigenvalue weighted by Gasteiger charge is -2.42. The lowest BCUT2D eigenvalue weighted by Crippen LogP contribution is -2.47. The van der Waals surface area contributed by atoms with Gasteiger partial charge in [-0.3, -0.25) is 4.79 Å². The Morgan fingerprint density at radius 1 is 1.14 bits per heavy atom. The molecular formula is C22H29NO5S. The molecule has 1 unspecified atom stereocenters. The van der Waals surface area contributed by atoms with E-state index < -0.39 is 35.1 Å². The maximum Gasteiger partial charge on any atom is 0.255 e. The van der Waals surface area contributed by atoms with Crippen molar-refractivity contribution < 1.29 is 24.9 Å². The Balaban J connectivity index is 1.78. The third kappa shape index (κ3) is 5.11. The van der Waals surface area contributed by atoms with Crippen molar-refractivity contribution in [1.82, 2.24) is 0 Å². The van der Waals surface area contributed by atoms with Gasteiger partial charge in [-0.05, 0) is 54.0 Å². The first kappa shape index (κ1) is 21.6. The van der Waals surface area contributed by atoms with Gasteiger partial charge in [-0.2, -0.15) is 0 Å². The van der Waals surface area contributed by atoms with Crippen molar-refractivity contribution in [3.63, 3.8) is 0 Å². The summed E-state index contributed by atoms with van der Waals surface area (Å²) in [4.78, 5) is 10.8. The van der Waals surface area contributed by atoms with E-state index in [-0.39, 0.29) is 11.9 Å². The fraction of sp³-hybridized carbons (Fsp3) is 0.409. The molecule has 7 heteroatoms. The Labute approximate surface area is 173 Å². The molecule has 2 aromatic carbocycles. The third-order valence-corrected chi connectivity index (χ3v) is 7.93. The summed E-state index contributed by atoms with van der Waals surface area (Å²) in [6.45, 7) is 1.90. The van der Waals surface area contributed by atoms with Crippen molar-refractivity contribution in [2.75, 3.05) is 18.6 Å². The molecular weight excluding hydrogens is 390 g/mol. The second kappa shape index (κ2) is 9.17. The Kier molecular flexibility index (Phi) is 6.85. The first-order valence-electron chi connectivity index (χ1n) is 9.60. The van der Waals surface area contributed by atoms with E-state index in [1.54, 1.807) is 0 Å². The highest BCUT2D eigenvalue weighted by molar-refractivity contribution is 8.16. The maximum atomic E-state index is 10.8. The van der Waals surface area contributed by atoms with E-state index in [0.717, 1.165) is 22.3 Å². The van der Waals surface area contributed by atoms with Crippen LogP contribution in [0.15, 0.2) is 42.5 Å². The van der Waals surface area contributed by atoms with Crippen molar-refractivity contribution in [2.45, 2.75) is 36.9 Å². The average molecular weight is 420 g/mol. The minimum Gasteiger partial charge on any atom is -0.484 e. The van der Waals surface area contributed by atoms with Crippen LogP contribution in [0.25, 0.3) is 0 Å². The monoisotopic (exact) mass is 419 g/mol. The van der Waals surface area contributed by atoms with Crippen LogP contribution in [0.5, 0.6) is 5.75 Å². The zero-order chi connectivity index (χ0) is 21.1. The summed E-state index contributed by atoms with van der Waals surface area (Å²) in [7, 11) is -0.646. The van der Waals surface area contributed by atoms with Crippen molar-refractivity contribution in [3.05, 3.63) is 64.7 Å². The molecule has 1 aliphatic rings. The Hall–Kier alpha value is -2.06. The molecule has 0 aromatic heterocycles. The number of rotatable bonds is 6. The lowest BCUT2D eigenvalue weighted by molar-refractivity contribution is -0.119. The smallest absolute Gasteiger partial charge is 0.255 e. The van der Waals surface area contributed by atoms with E-state index in [4.69, 9.17) is 10.5 Å². The van der Waals surface area contributed by atoms with Gasteiger partial charge in [0.25, 0.3) is 5.91 Å². The molecule has 1 saturated heterocycles. The molecule has 0 aliphatic carbocycles. The highest BCUT2D eigenvalue weighted by Crippen LogP contribution is 2.48. The van der Waals surface area contributed by atoms with E-state index in [1.165, 1.54) is 0 Å². The average Bonchev–Trinajstić information content (AvgIpc) is 2.68. The fourth-order valence-electron chi connectivity index (χ4n) is 3.79. The second-order valence-corrected chi connectivity index (χ2v) is 10.1. The summed E-state index contributed by atoms with van der Waals surface area (Å²) >= 11 is 0. The maximum absolute atomic E-state index is 10.8. The summed E-state index contributed by atoms with van der Waals surface area (Å²) in [5.41, 5.74) is 9.47. The van der Waals surface area contributed by atoms with Crippen LogP contribution in [0.1, 0.15) is 27.5 Å². The molecule has 3 rings (SSSR count). The molecule has 1 fully saturated rings. The lowest BCUT2D eigenvalue weighted by atomic mass is 9.94. The van der Waals surface area contributed by atoms with E-state index in [1.807, 2.05) is 43.3 Å². The van der Waals surface area contributed by atoms with Gasteiger partial charge >= 0.3 is 0 Å². The standard InChI is InChI=1S/C22H29NO5S/c1-13-3-6-15(22-21(27)20(26)18(24)12-29(22)2)10-16(13)9-14-4-7-17(8-5-14)28-11-19(23)25/h3-8,10,18,20-22,24,26-27,29H,9,11-12H2,1-2H3,(H2,23,25)/t18-,20-,21-,22+/m1/s1. The van der Waals surface area contributed by atoms with Gasteiger partial charge in [0.1, 0.15) is 11.9 Å². The SMILES string of the molecule is Cc1ccc([C@H]2[C@H](O)[C@H](O)[C@H](O)C[SH]2C)cc1Cc1ccc(OCC(N)=O)cc1. The van der Waals surface area contributed by atoms with Gasteiger partial charge in [-0.1, -0.05) is 30.3 Å². The molecule has 1 aliphatic heterocycles. The number of ether oxygens (including phenoxy) is 1. The van der Waals surface area contributed by atoms with Crippen LogP contribution in [0.2, 0.25) is 0 Å². The predicted octanol–water partition coefficient (Wildman–Crippen LogP) is 1.22. The number of primary amides is 1. The number of aliphatic hydroxyl groups excluding tert-OH is 3. The van der Waals surface area contributed by atoms with E-state index >= 15 is 0 Å². The Morgan fingerprint density at radius 2 is 1.83 bits per heavy atom. The fourth-order valence-corrected chi connectivity index (χ4v) is 6.19. The van der Waals surface area contributed by atoms with Crippen molar-refractivity contribution >= 4 is 16.8 Å². The molecule has 0 radical (unpaired) electrons. The number of carbonyl (C=O) groups is 1. The van der Waals surface area contributed by atoms with Gasteiger partial charge in [0.15, 0.2) is 6.61 Å². The second-order valence-electron chi connectivity index (χ2n) is 7.69. The molecule has 1 amide bonds. The van der Waals surface area contributed by atoms with Gasteiger partial charge in [0.05, 0.1) is 12.2 Å². The Morgan fingerprint density at radius 3 is 2.48 bits per heavy atom. The molecule has 5 N–H and O–H groups in total. The van der Waals surface area contributed by atoms with E-state index in [9.17, 15) is 20.1 Å². The number of thiol groups is 1. The van der Waals surface area contributed by atoms with Gasteiger partial charge < -0.3 is 25.8 Å². The van der Waals surface area contributed by atoms with Gasteiger partial charge in [-0.25, -0.2) is 10.9 Å². The highest BCUT2D eigenvalue weighted by Gasteiger charge is 2.40. The van der Waals surface area contributed by atoms with Crippen LogP contribution >= 0.6 is 10.9 Å². The number of carbonyl (C=O) groups excluding carboxylic acids is 1. The molecule has 158 valence electrons. The highest BCUT2D eigenvalue weighted by atomic mass is 32.2. The predicted molar refractivity (Wildman–Crippen MR) is 116 cm³/mol. The number of amides is 1. The van der Waals surface area contributed by atoms with Crippen molar-refractivity contribution in [2.24, 2.45) is 5.73 Å². The van der Waals surface area contributed by atoms with Gasteiger partial charge in [0.2, 0.25) is 0 Å². The van der Waals surface area contributed by atoms with Gasteiger partial charge in [0, 0.05) is 11.0 Å². The zero-order valence-corrected chi connectivity index (χ0v) is 17.5. The number of nitrogens with two attached hydrogens (primary N) is 1.